The van der Waals surface area contributed by atoms with Gasteiger partial charge in [0.2, 0.25) is 0 Å². The van der Waals surface area contributed by atoms with E-state index in [1.807, 2.05) is 0 Å². The molecule has 1 heterocycles. The summed E-state index contributed by atoms with van der Waals surface area (Å²) in [4.78, 5) is 0. The van der Waals surface area contributed by atoms with Crippen LogP contribution < -0.4 is 0 Å². The van der Waals surface area contributed by atoms with Crippen LogP contribution in [0.15, 0.2) is 24.3 Å². The quantitative estimate of drug-likeness (QED) is 0.806. The van der Waals surface area contributed by atoms with Crippen LogP contribution in [0.2, 0.25) is 0 Å². The number of hydrogen-bond donors (Lipinski definition) is 1. The molecule has 0 aromatic heterocycles. The van der Waals surface area contributed by atoms with E-state index >= 15 is 0 Å². The van der Waals surface area contributed by atoms with E-state index in [1.165, 1.54) is 12.1 Å². The second-order valence-corrected chi connectivity index (χ2v) is 4.02. The smallest absolute Gasteiger partial charge is 0.123 e. The highest BCUT2D eigenvalue weighted by Crippen LogP contribution is 2.19. The second kappa shape index (κ2) is 4.73. The molecule has 0 saturated carbocycles. The standard InChI is InChI=1S/C12H15FO2/c13-11-3-1-9(2-4-11)7-10-8-15-6-5-12(10)14/h1-4,10,12,14H,5-8H2/t10-,12+/m0/s1. The Morgan fingerprint density at radius 3 is 2.73 bits per heavy atom. The molecule has 0 radical (unpaired) electrons. The molecule has 3 heteroatoms. The Balaban J connectivity index is 1.98. The van der Waals surface area contributed by atoms with Crippen LogP contribution in [0.25, 0.3) is 0 Å². The molecule has 1 saturated heterocycles. The lowest BCUT2D eigenvalue weighted by molar-refractivity contribution is -0.0350. The third-order valence-electron chi connectivity index (χ3n) is 2.85. The zero-order chi connectivity index (χ0) is 10.7. The minimum absolute atomic E-state index is 0.143. The lowest BCUT2D eigenvalue weighted by atomic mass is 9.92. The molecule has 0 aliphatic carbocycles. The number of ether oxygens (including phenoxy) is 1. The average Bonchev–Trinajstić information content (AvgIpc) is 2.25. The Labute approximate surface area is 88.7 Å². The molecule has 0 bridgehead atoms. The number of aliphatic hydroxyl groups excluding tert-OH is 1. The summed E-state index contributed by atoms with van der Waals surface area (Å²) in [6.07, 6.45) is 1.16. The van der Waals surface area contributed by atoms with Crippen molar-refractivity contribution in [2.24, 2.45) is 5.92 Å². The van der Waals surface area contributed by atoms with Crippen LogP contribution in [0.1, 0.15) is 12.0 Å². The van der Waals surface area contributed by atoms with Gasteiger partial charge in [0.25, 0.3) is 0 Å². The Hall–Kier alpha value is -0.930. The fraction of sp³-hybridized carbons (Fsp3) is 0.500. The van der Waals surface area contributed by atoms with Crippen LogP contribution in [0, 0.1) is 11.7 Å². The molecule has 1 fully saturated rings. The molecule has 0 amide bonds. The van der Waals surface area contributed by atoms with Gasteiger partial charge in [0, 0.05) is 12.5 Å². The predicted molar refractivity (Wildman–Crippen MR) is 55.0 cm³/mol. The molecule has 82 valence electrons. The Morgan fingerprint density at radius 1 is 1.33 bits per heavy atom. The van der Waals surface area contributed by atoms with Gasteiger partial charge in [-0.2, -0.15) is 0 Å². The maximum atomic E-state index is 12.7. The third kappa shape index (κ3) is 2.76. The number of hydrogen-bond acceptors (Lipinski definition) is 2. The first kappa shape index (κ1) is 10.6. The SMILES string of the molecule is O[C@@H]1CCOC[C@@H]1Cc1ccc(F)cc1. The summed E-state index contributed by atoms with van der Waals surface area (Å²) in [6, 6.07) is 6.42. The van der Waals surface area contributed by atoms with Gasteiger partial charge in [-0.3, -0.25) is 0 Å². The van der Waals surface area contributed by atoms with Gasteiger partial charge in [0.05, 0.1) is 12.7 Å². The van der Waals surface area contributed by atoms with Gasteiger partial charge in [-0.25, -0.2) is 4.39 Å². The van der Waals surface area contributed by atoms with Gasteiger partial charge in [0.15, 0.2) is 0 Å². The van der Waals surface area contributed by atoms with Gasteiger partial charge in [-0.05, 0) is 30.5 Å². The van der Waals surface area contributed by atoms with Gasteiger partial charge < -0.3 is 9.84 Å². The average molecular weight is 210 g/mol. The second-order valence-electron chi connectivity index (χ2n) is 4.02. The summed E-state index contributed by atoms with van der Waals surface area (Å²) in [5.74, 6) is -0.0802. The molecule has 2 atom stereocenters. The van der Waals surface area contributed by atoms with Crippen molar-refractivity contribution in [1.29, 1.82) is 0 Å². The normalized spacial score (nSPS) is 26.5. The van der Waals surface area contributed by atoms with E-state index in [0.29, 0.717) is 19.6 Å². The Morgan fingerprint density at radius 2 is 2.07 bits per heavy atom. The van der Waals surface area contributed by atoms with Crippen LogP contribution in [0.3, 0.4) is 0 Å². The fourth-order valence-electron chi connectivity index (χ4n) is 1.90. The molecule has 1 aromatic carbocycles. The molecule has 2 rings (SSSR count). The predicted octanol–water partition coefficient (Wildman–Crippen LogP) is 1.77. The lowest BCUT2D eigenvalue weighted by Crippen LogP contribution is -2.33. The van der Waals surface area contributed by atoms with Crippen LogP contribution >= 0.6 is 0 Å². The van der Waals surface area contributed by atoms with E-state index in [1.54, 1.807) is 12.1 Å². The van der Waals surface area contributed by atoms with E-state index < -0.39 is 0 Å². The van der Waals surface area contributed by atoms with Gasteiger partial charge >= 0.3 is 0 Å². The van der Waals surface area contributed by atoms with Crippen molar-refractivity contribution < 1.29 is 14.2 Å². The molecule has 0 spiro atoms. The van der Waals surface area contributed by atoms with Crippen LogP contribution in [-0.2, 0) is 11.2 Å². The van der Waals surface area contributed by atoms with Crippen molar-refractivity contribution in [2.75, 3.05) is 13.2 Å². The van der Waals surface area contributed by atoms with Crippen molar-refractivity contribution >= 4 is 0 Å². The van der Waals surface area contributed by atoms with Crippen molar-refractivity contribution in [3.8, 4) is 0 Å². The Kier molecular flexibility index (Phi) is 3.34. The van der Waals surface area contributed by atoms with E-state index in [0.717, 1.165) is 12.0 Å². The maximum absolute atomic E-state index is 12.7. The van der Waals surface area contributed by atoms with E-state index in [9.17, 15) is 9.50 Å². The highest BCUT2D eigenvalue weighted by Gasteiger charge is 2.23. The third-order valence-corrected chi connectivity index (χ3v) is 2.85. The highest BCUT2D eigenvalue weighted by atomic mass is 19.1. The summed E-state index contributed by atoms with van der Waals surface area (Å²) in [7, 11) is 0. The molecule has 1 aliphatic heterocycles. The summed E-state index contributed by atoms with van der Waals surface area (Å²) in [5, 5.41) is 9.73. The monoisotopic (exact) mass is 210 g/mol. The molecule has 1 aliphatic rings. The van der Waals surface area contributed by atoms with E-state index in [-0.39, 0.29) is 17.8 Å². The van der Waals surface area contributed by atoms with Gasteiger partial charge in [-0.15, -0.1) is 0 Å². The maximum Gasteiger partial charge on any atom is 0.123 e. The largest absolute Gasteiger partial charge is 0.393 e. The van der Waals surface area contributed by atoms with Crippen LogP contribution in [-0.4, -0.2) is 24.4 Å². The molecule has 15 heavy (non-hydrogen) atoms. The number of aliphatic hydroxyl groups is 1. The zero-order valence-corrected chi connectivity index (χ0v) is 8.53. The number of rotatable bonds is 2. The summed E-state index contributed by atoms with van der Waals surface area (Å²) >= 11 is 0. The van der Waals surface area contributed by atoms with Crippen LogP contribution in [0.4, 0.5) is 4.39 Å². The summed E-state index contributed by atoms with van der Waals surface area (Å²) in [6.45, 7) is 1.24. The first-order chi connectivity index (χ1) is 7.25. The zero-order valence-electron chi connectivity index (χ0n) is 8.53. The number of benzene rings is 1. The van der Waals surface area contributed by atoms with Crippen molar-refractivity contribution in [1.82, 2.24) is 0 Å². The molecular weight excluding hydrogens is 195 g/mol. The minimum Gasteiger partial charge on any atom is -0.393 e. The minimum atomic E-state index is -0.288. The number of halogens is 1. The van der Waals surface area contributed by atoms with E-state index in [2.05, 4.69) is 0 Å². The molecule has 2 nitrogen and oxygen atoms in total. The molecule has 0 unspecified atom stereocenters. The van der Waals surface area contributed by atoms with Crippen LogP contribution in [0.5, 0.6) is 0 Å². The van der Waals surface area contributed by atoms with Gasteiger partial charge in [0.1, 0.15) is 5.82 Å². The fourth-order valence-corrected chi connectivity index (χ4v) is 1.90. The highest BCUT2D eigenvalue weighted by molar-refractivity contribution is 5.16. The van der Waals surface area contributed by atoms with Crippen molar-refractivity contribution in [2.45, 2.75) is 18.9 Å². The first-order valence-electron chi connectivity index (χ1n) is 5.26. The molecule has 1 N–H and O–H groups in total. The topological polar surface area (TPSA) is 29.5 Å². The van der Waals surface area contributed by atoms with Crippen molar-refractivity contribution in [3.63, 3.8) is 0 Å². The van der Waals surface area contributed by atoms with E-state index in [4.69, 9.17) is 4.74 Å². The molecular formula is C12H15FO2. The summed E-state index contributed by atoms with van der Waals surface area (Å²) < 4.78 is 18.0. The van der Waals surface area contributed by atoms with Crippen molar-refractivity contribution in [3.05, 3.63) is 35.6 Å². The lowest BCUT2D eigenvalue weighted by Gasteiger charge is -2.27. The Bertz CT molecular complexity index is 310. The van der Waals surface area contributed by atoms with Gasteiger partial charge in [-0.1, -0.05) is 12.1 Å². The first-order valence-corrected chi connectivity index (χ1v) is 5.26. The summed E-state index contributed by atoms with van der Waals surface area (Å²) in [5.41, 5.74) is 1.05. The molecule has 1 aromatic rings.